The van der Waals surface area contributed by atoms with Gasteiger partial charge in [0.15, 0.2) is 0 Å². The van der Waals surface area contributed by atoms with Gasteiger partial charge in [-0.25, -0.2) is 0 Å². The molecule has 0 radical (unpaired) electrons. The summed E-state index contributed by atoms with van der Waals surface area (Å²) in [6, 6.07) is 0. The molecular formula is C16H28N2O. The van der Waals surface area contributed by atoms with E-state index in [1.165, 1.54) is 31.2 Å². The highest BCUT2D eigenvalue weighted by Gasteiger charge is 2.27. The summed E-state index contributed by atoms with van der Waals surface area (Å²) in [5.74, 6) is 2.20. The van der Waals surface area contributed by atoms with Crippen LogP contribution in [-0.2, 0) is 13.5 Å². The number of rotatable bonds is 5. The van der Waals surface area contributed by atoms with Crippen molar-refractivity contribution in [3.8, 4) is 0 Å². The second-order valence-electron chi connectivity index (χ2n) is 6.55. The van der Waals surface area contributed by atoms with Gasteiger partial charge in [0, 0.05) is 13.2 Å². The van der Waals surface area contributed by atoms with E-state index in [0.717, 1.165) is 24.7 Å². The molecule has 0 saturated heterocycles. The maximum Gasteiger partial charge on any atom is 0.0571 e. The van der Waals surface area contributed by atoms with Gasteiger partial charge in [-0.15, -0.1) is 0 Å². The number of aryl methyl sites for hydroxylation is 2. The van der Waals surface area contributed by atoms with Crippen LogP contribution < -0.4 is 0 Å². The molecule has 3 nitrogen and oxygen atoms in total. The number of hydrogen-bond acceptors (Lipinski definition) is 2. The lowest BCUT2D eigenvalue weighted by atomic mass is 9.74. The minimum absolute atomic E-state index is 0.131. The molecule has 19 heavy (non-hydrogen) atoms. The lowest BCUT2D eigenvalue weighted by Gasteiger charge is -2.33. The van der Waals surface area contributed by atoms with Gasteiger partial charge < -0.3 is 5.11 Å². The summed E-state index contributed by atoms with van der Waals surface area (Å²) in [6.07, 6.45) is 10.6. The number of aliphatic hydroxyl groups is 1. The van der Waals surface area contributed by atoms with E-state index in [1.54, 1.807) is 0 Å². The zero-order valence-corrected chi connectivity index (χ0v) is 12.5. The maximum absolute atomic E-state index is 10.3. The first-order chi connectivity index (χ1) is 9.06. The van der Waals surface area contributed by atoms with Crippen LogP contribution in [-0.4, -0.2) is 21.0 Å². The molecule has 1 aliphatic carbocycles. The fourth-order valence-corrected chi connectivity index (χ4v) is 3.35. The van der Waals surface area contributed by atoms with E-state index in [0.29, 0.717) is 5.92 Å². The molecule has 1 aliphatic rings. The fraction of sp³-hybridized carbons (Fsp3) is 0.812. The van der Waals surface area contributed by atoms with Gasteiger partial charge in [0.25, 0.3) is 0 Å². The third-order valence-corrected chi connectivity index (χ3v) is 4.79. The van der Waals surface area contributed by atoms with Crippen molar-refractivity contribution in [3.05, 3.63) is 18.0 Å². The number of nitrogens with zero attached hydrogens (tertiary/aromatic N) is 2. The van der Waals surface area contributed by atoms with Crippen LogP contribution >= 0.6 is 0 Å². The van der Waals surface area contributed by atoms with Crippen molar-refractivity contribution in [1.29, 1.82) is 0 Å². The van der Waals surface area contributed by atoms with Crippen LogP contribution in [0.5, 0.6) is 0 Å². The Morgan fingerprint density at radius 1 is 1.26 bits per heavy atom. The third-order valence-electron chi connectivity index (χ3n) is 4.79. The van der Waals surface area contributed by atoms with Gasteiger partial charge >= 0.3 is 0 Å². The van der Waals surface area contributed by atoms with Crippen molar-refractivity contribution in [2.24, 2.45) is 24.8 Å². The summed E-state index contributed by atoms with van der Waals surface area (Å²) in [5.41, 5.74) is 1.23. The predicted octanol–water partition coefficient (Wildman–Crippen LogP) is 3.18. The van der Waals surface area contributed by atoms with E-state index in [4.69, 9.17) is 0 Å². The topological polar surface area (TPSA) is 38.1 Å². The largest absolute Gasteiger partial charge is 0.393 e. The van der Waals surface area contributed by atoms with Gasteiger partial charge in [-0.1, -0.05) is 13.8 Å². The highest BCUT2D eigenvalue weighted by atomic mass is 16.3. The first-order valence-corrected chi connectivity index (χ1v) is 7.72. The molecule has 1 heterocycles. The van der Waals surface area contributed by atoms with Crippen molar-refractivity contribution >= 4 is 0 Å². The molecule has 0 bridgehead atoms. The quantitative estimate of drug-likeness (QED) is 0.887. The van der Waals surface area contributed by atoms with Crippen molar-refractivity contribution < 1.29 is 5.11 Å². The summed E-state index contributed by atoms with van der Waals surface area (Å²) in [7, 11) is 1.94. The van der Waals surface area contributed by atoms with Crippen LogP contribution in [0.15, 0.2) is 12.4 Å². The molecule has 1 aromatic rings. The maximum atomic E-state index is 10.3. The monoisotopic (exact) mass is 264 g/mol. The molecular weight excluding hydrogens is 236 g/mol. The second kappa shape index (κ2) is 6.56. The van der Waals surface area contributed by atoms with Gasteiger partial charge in [-0.3, -0.25) is 4.68 Å². The van der Waals surface area contributed by atoms with Crippen molar-refractivity contribution in [2.45, 2.75) is 58.5 Å². The average molecular weight is 264 g/mol. The molecule has 1 atom stereocenters. The Morgan fingerprint density at radius 2 is 1.89 bits per heavy atom. The lowest BCUT2D eigenvalue weighted by molar-refractivity contribution is 0.0611. The molecule has 0 spiro atoms. The Labute approximate surface area is 117 Å². The first kappa shape index (κ1) is 14.6. The van der Waals surface area contributed by atoms with Gasteiger partial charge in [-0.2, -0.15) is 5.10 Å². The molecule has 3 heteroatoms. The Morgan fingerprint density at radius 3 is 2.42 bits per heavy atom. The van der Waals surface area contributed by atoms with Crippen LogP contribution in [0.25, 0.3) is 0 Å². The first-order valence-electron chi connectivity index (χ1n) is 7.72. The molecule has 1 unspecified atom stereocenters. The molecule has 1 saturated carbocycles. The smallest absolute Gasteiger partial charge is 0.0571 e. The zero-order valence-electron chi connectivity index (χ0n) is 12.5. The van der Waals surface area contributed by atoms with E-state index in [1.807, 2.05) is 24.1 Å². The molecule has 108 valence electrons. The summed E-state index contributed by atoms with van der Waals surface area (Å²) >= 11 is 0. The Hall–Kier alpha value is -0.830. The third kappa shape index (κ3) is 4.07. The number of hydrogen-bond donors (Lipinski definition) is 1. The summed E-state index contributed by atoms with van der Waals surface area (Å²) < 4.78 is 1.83. The number of aliphatic hydroxyl groups excluding tert-OH is 1. The van der Waals surface area contributed by atoms with E-state index >= 15 is 0 Å². The van der Waals surface area contributed by atoms with Crippen molar-refractivity contribution in [3.63, 3.8) is 0 Å². The highest BCUT2D eigenvalue weighted by Crippen LogP contribution is 2.35. The van der Waals surface area contributed by atoms with Gasteiger partial charge in [0.1, 0.15) is 0 Å². The summed E-state index contributed by atoms with van der Waals surface area (Å²) in [6.45, 7) is 4.65. The van der Waals surface area contributed by atoms with Crippen LogP contribution in [0.4, 0.5) is 0 Å². The number of aromatic nitrogens is 2. The summed E-state index contributed by atoms with van der Waals surface area (Å²) in [4.78, 5) is 0. The molecule has 0 amide bonds. The minimum Gasteiger partial charge on any atom is -0.393 e. The predicted molar refractivity (Wildman–Crippen MR) is 77.8 cm³/mol. The Bertz CT molecular complexity index is 378. The van der Waals surface area contributed by atoms with Crippen LogP contribution in [0.1, 0.15) is 51.5 Å². The normalized spacial score (nSPS) is 25.7. The molecule has 1 fully saturated rings. The Kier molecular flexibility index (Phi) is 5.03. The SMILES string of the molecule is CC(C)C1CCC(C(O)CCc2cnn(C)c2)CC1. The van der Waals surface area contributed by atoms with Crippen molar-refractivity contribution in [1.82, 2.24) is 9.78 Å². The van der Waals surface area contributed by atoms with Crippen LogP contribution in [0.2, 0.25) is 0 Å². The zero-order chi connectivity index (χ0) is 13.8. The highest BCUT2D eigenvalue weighted by molar-refractivity contribution is 5.03. The van der Waals surface area contributed by atoms with Gasteiger partial charge in [-0.05, 0) is 61.8 Å². The molecule has 2 rings (SSSR count). The standard InChI is InChI=1S/C16H28N2O/c1-12(2)14-5-7-15(8-6-14)16(19)9-4-13-10-17-18(3)11-13/h10-12,14-16,19H,4-9H2,1-3H3. The summed E-state index contributed by atoms with van der Waals surface area (Å²) in [5, 5.41) is 14.5. The molecule has 0 aliphatic heterocycles. The average Bonchev–Trinajstić information content (AvgIpc) is 2.82. The van der Waals surface area contributed by atoms with Crippen molar-refractivity contribution in [2.75, 3.05) is 0 Å². The van der Waals surface area contributed by atoms with E-state index in [2.05, 4.69) is 18.9 Å². The van der Waals surface area contributed by atoms with E-state index < -0.39 is 0 Å². The molecule has 0 aromatic carbocycles. The van der Waals surface area contributed by atoms with E-state index in [9.17, 15) is 5.11 Å². The molecule has 1 N–H and O–H groups in total. The Balaban J connectivity index is 1.73. The lowest BCUT2D eigenvalue weighted by Crippen LogP contribution is -2.27. The minimum atomic E-state index is -0.131. The van der Waals surface area contributed by atoms with Gasteiger partial charge in [0.05, 0.1) is 12.3 Å². The van der Waals surface area contributed by atoms with Gasteiger partial charge in [0.2, 0.25) is 0 Å². The fourth-order valence-electron chi connectivity index (χ4n) is 3.35. The second-order valence-corrected chi connectivity index (χ2v) is 6.55. The van der Waals surface area contributed by atoms with E-state index in [-0.39, 0.29) is 6.10 Å². The van der Waals surface area contributed by atoms with Crippen LogP contribution in [0.3, 0.4) is 0 Å². The molecule has 1 aromatic heterocycles. The van der Waals surface area contributed by atoms with Crippen LogP contribution in [0, 0.1) is 17.8 Å².